The molecule has 0 spiro atoms. The molecule has 0 aliphatic heterocycles. The van der Waals surface area contributed by atoms with Crippen LogP contribution in [0, 0.1) is 10.1 Å². The summed E-state index contributed by atoms with van der Waals surface area (Å²) in [5, 5.41) is 14.0. The number of benzene rings is 2. The van der Waals surface area contributed by atoms with E-state index in [2.05, 4.69) is 48.2 Å². The number of aromatic nitrogens is 3. The molecular formula is C24H21BrN6O2. The van der Waals surface area contributed by atoms with Crippen molar-refractivity contribution in [1.82, 2.24) is 15.0 Å². The zero-order valence-electron chi connectivity index (χ0n) is 17.6. The summed E-state index contributed by atoms with van der Waals surface area (Å²) in [6, 6.07) is 23.0. The Morgan fingerprint density at radius 2 is 1.76 bits per heavy atom. The average Bonchev–Trinajstić information content (AvgIpc) is 2.85. The number of nitro groups is 1. The normalized spacial score (nSPS) is 10.6. The summed E-state index contributed by atoms with van der Waals surface area (Å²) < 4.78 is 1.02. The van der Waals surface area contributed by atoms with Gasteiger partial charge in [0.15, 0.2) is 0 Å². The van der Waals surface area contributed by atoms with Crippen LogP contribution in [0.5, 0.6) is 0 Å². The third kappa shape index (κ3) is 6.11. The average molecular weight is 505 g/mol. The zero-order chi connectivity index (χ0) is 23.0. The molecule has 0 aliphatic rings. The van der Waals surface area contributed by atoms with Gasteiger partial charge in [0.05, 0.1) is 10.6 Å². The van der Waals surface area contributed by atoms with Crippen molar-refractivity contribution in [3.05, 3.63) is 105 Å². The van der Waals surface area contributed by atoms with Crippen molar-refractivity contribution in [1.29, 1.82) is 0 Å². The first-order valence-corrected chi connectivity index (χ1v) is 11.1. The minimum Gasteiger partial charge on any atom is -0.368 e. The number of halogens is 1. The Kier molecular flexibility index (Phi) is 7.21. The van der Waals surface area contributed by atoms with Gasteiger partial charge in [0.1, 0.15) is 12.0 Å². The van der Waals surface area contributed by atoms with E-state index in [9.17, 15) is 10.1 Å². The maximum absolute atomic E-state index is 10.8. The van der Waals surface area contributed by atoms with E-state index in [0.29, 0.717) is 31.4 Å². The zero-order valence-corrected chi connectivity index (χ0v) is 19.2. The Bertz CT molecular complexity index is 1200. The Balaban J connectivity index is 1.52. The standard InChI is InChI=1S/C24H21BrN6O2/c25-20-8-6-18(7-9-20)17-30(15-14-26-23-11-10-21(16-28-23)31(32)33)24-27-13-12-22(29-24)19-4-2-1-3-5-19/h1-13,16H,14-15,17H2,(H,26,28). The van der Waals surface area contributed by atoms with Gasteiger partial charge < -0.3 is 10.2 Å². The van der Waals surface area contributed by atoms with Gasteiger partial charge >= 0.3 is 0 Å². The van der Waals surface area contributed by atoms with Crippen molar-refractivity contribution < 1.29 is 4.92 Å². The van der Waals surface area contributed by atoms with Gasteiger partial charge in [-0.2, -0.15) is 0 Å². The lowest BCUT2D eigenvalue weighted by Gasteiger charge is -2.23. The van der Waals surface area contributed by atoms with E-state index in [0.717, 1.165) is 21.3 Å². The van der Waals surface area contributed by atoms with E-state index in [1.54, 1.807) is 12.3 Å². The molecule has 0 unspecified atom stereocenters. The number of anilines is 2. The predicted octanol–water partition coefficient (Wildman–Crippen LogP) is 5.33. The number of hydrogen-bond acceptors (Lipinski definition) is 7. The maximum atomic E-state index is 10.8. The molecule has 0 amide bonds. The highest BCUT2D eigenvalue weighted by Crippen LogP contribution is 2.20. The molecule has 33 heavy (non-hydrogen) atoms. The number of nitrogens with zero attached hydrogens (tertiary/aromatic N) is 5. The lowest BCUT2D eigenvalue weighted by atomic mass is 10.1. The highest BCUT2D eigenvalue weighted by atomic mass is 79.9. The number of nitrogens with one attached hydrogen (secondary N) is 1. The molecule has 0 fully saturated rings. The van der Waals surface area contributed by atoms with Crippen LogP contribution < -0.4 is 10.2 Å². The van der Waals surface area contributed by atoms with Crippen molar-refractivity contribution in [2.24, 2.45) is 0 Å². The van der Waals surface area contributed by atoms with Crippen LogP contribution in [0.2, 0.25) is 0 Å². The molecule has 1 N–H and O–H groups in total. The van der Waals surface area contributed by atoms with Gasteiger partial charge in [-0.1, -0.05) is 58.4 Å². The lowest BCUT2D eigenvalue weighted by Crippen LogP contribution is -2.30. The summed E-state index contributed by atoms with van der Waals surface area (Å²) in [6.07, 6.45) is 3.01. The van der Waals surface area contributed by atoms with Crippen molar-refractivity contribution in [2.45, 2.75) is 6.54 Å². The molecule has 0 saturated carbocycles. The molecule has 2 heterocycles. The molecule has 166 valence electrons. The topological polar surface area (TPSA) is 97.1 Å². The lowest BCUT2D eigenvalue weighted by molar-refractivity contribution is -0.385. The molecule has 0 bridgehead atoms. The third-order valence-electron chi connectivity index (χ3n) is 4.93. The van der Waals surface area contributed by atoms with E-state index < -0.39 is 4.92 Å². The second-order valence-electron chi connectivity index (χ2n) is 7.24. The smallest absolute Gasteiger partial charge is 0.287 e. The molecule has 2 aromatic heterocycles. The number of hydrogen-bond donors (Lipinski definition) is 1. The second-order valence-corrected chi connectivity index (χ2v) is 8.16. The minimum atomic E-state index is -0.464. The molecule has 0 radical (unpaired) electrons. The van der Waals surface area contributed by atoms with E-state index >= 15 is 0 Å². The summed E-state index contributed by atoms with van der Waals surface area (Å²) >= 11 is 3.48. The molecule has 0 atom stereocenters. The molecule has 4 aromatic rings. The van der Waals surface area contributed by atoms with Crippen LogP contribution in [0.3, 0.4) is 0 Å². The number of rotatable bonds is 9. The predicted molar refractivity (Wildman–Crippen MR) is 132 cm³/mol. The van der Waals surface area contributed by atoms with E-state index in [1.807, 2.05) is 48.5 Å². The summed E-state index contributed by atoms with van der Waals surface area (Å²) in [4.78, 5) is 25.9. The number of pyridine rings is 1. The van der Waals surface area contributed by atoms with Gasteiger partial charge in [-0.25, -0.2) is 15.0 Å². The van der Waals surface area contributed by atoms with Gasteiger partial charge in [-0.05, 0) is 29.8 Å². The van der Waals surface area contributed by atoms with Crippen LogP contribution in [-0.2, 0) is 6.54 Å². The first-order chi connectivity index (χ1) is 16.1. The first kappa shape index (κ1) is 22.3. The molecule has 8 nitrogen and oxygen atoms in total. The second kappa shape index (κ2) is 10.6. The molecule has 9 heteroatoms. The van der Waals surface area contributed by atoms with Crippen molar-refractivity contribution in [3.8, 4) is 11.3 Å². The van der Waals surface area contributed by atoms with Gasteiger partial charge in [-0.15, -0.1) is 0 Å². The Morgan fingerprint density at radius 3 is 2.45 bits per heavy atom. The van der Waals surface area contributed by atoms with Crippen LogP contribution >= 0.6 is 15.9 Å². The molecule has 0 saturated heterocycles. The van der Waals surface area contributed by atoms with Crippen molar-refractivity contribution in [2.75, 3.05) is 23.3 Å². The largest absolute Gasteiger partial charge is 0.368 e. The summed E-state index contributed by atoms with van der Waals surface area (Å²) in [5.74, 6) is 1.20. The van der Waals surface area contributed by atoms with Crippen LogP contribution in [0.1, 0.15) is 5.56 Å². The van der Waals surface area contributed by atoms with Crippen molar-refractivity contribution >= 4 is 33.4 Å². The fourth-order valence-electron chi connectivity index (χ4n) is 3.25. The monoisotopic (exact) mass is 504 g/mol. The third-order valence-corrected chi connectivity index (χ3v) is 5.46. The Labute approximate surface area is 199 Å². The maximum Gasteiger partial charge on any atom is 0.287 e. The molecule has 4 rings (SSSR count). The highest BCUT2D eigenvalue weighted by Gasteiger charge is 2.13. The first-order valence-electron chi connectivity index (χ1n) is 10.3. The Morgan fingerprint density at radius 1 is 0.970 bits per heavy atom. The fourth-order valence-corrected chi connectivity index (χ4v) is 3.51. The minimum absolute atomic E-state index is 0.0384. The van der Waals surface area contributed by atoms with E-state index in [4.69, 9.17) is 4.98 Å². The van der Waals surface area contributed by atoms with Gasteiger partial charge in [-0.3, -0.25) is 10.1 Å². The van der Waals surface area contributed by atoms with Crippen LogP contribution in [0.15, 0.2) is 89.7 Å². The van der Waals surface area contributed by atoms with Gasteiger partial charge in [0.2, 0.25) is 5.95 Å². The fraction of sp³-hybridized carbons (Fsp3) is 0.125. The molecule has 2 aromatic carbocycles. The van der Waals surface area contributed by atoms with Crippen molar-refractivity contribution in [3.63, 3.8) is 0 Å². The van der Waals surface area contributed by atoms with Crippen LogP contribution in [-0.4, -0.2) is 33.0 Å². The van der Waals surface area contributed by atoms with Crippen LogP contribution in [0.4, 0.5) is 17.5 Å². The quantitative estimate of drug-likeness (QED) is 0.243. The summed E-state index contributed by atoms with van der Waals surface area (Å²) in [5.41, 5.74) is 2.97. The van der Waals surface area contributed by atoms with Gasteiger partial charge in [0, 0.05) is 41.9 Å². The van der Waals surface area contributed by atoms with Crippen LogP contribution in [0.25, 0.3) is 11.3 Å². The van der Waals surface area contributed by atoms with E-state index in [1.165, 1.54) is 12.3 Å². The highest BCUT2D eigenvalue weighted by molar-refractivity contribution is 9.10. The van der Waals surface area contributed by atoms with Gasteiger partial charge in [0.25, 0.3) is 5.69 Å². The molecule has 0 aliphatic carbocycles. The van der Waals surface area contributed by atoms with E-state index in [-0.39, 0.29) is 5.69 Å². The SMILES string of the molecule is O=[N+]([O-])c1ccc(NCCN(Cc2ccc(Br)cc2)c2nccc(-c3ccccc3)n2)nc1. The summed E-state index contributed by atoms with van der Waals surface area (Å²) in [7, 11) is 0. The molecular weight excluding hydrogens is 484 g/mol. The summed E-state index contributed by atoms with van der Waals surface area (Å²) in [6.45, 7) is 1.79. The Hall–Kier alpha value is -3.85.